The highest BCUT2D eigenvalue weighted by Gasteiger charge is 2.29. The average Bonchev–Trinajstić information content (AvgIpc) is 3.58. The van der Waals surface area contributed by atoms with Crippen molar-refractivity contribution in [1.29, 1.82) is 0 Å². The molecule has 188 valence electrons. The van der Waals surface area contributed by atoms with Crippen LogP contribution in [0.25, 0.3) is 0 Å². The molecule has 8 nitrogen and oxygen atoms in total. The lowest BCUT2D eigenvalue weighted by Crippen LogP contribution is -2.38. The number of aryl methyl sites for hydroxylation is 2. The number of hydrogen-bond donors (Lipinski definition) is 0. The zero-order valence-corrected chi connectivity index (χ0v) is 20.7. The van der Waals surface area contributed by atoms with Gasteiger partial charge >= 0.3 is 0 Å². The van der Waals surface area contributed by atoms with Crippen molar-refractivity contribution in [3.63, 3.8) is 0 Å². The number of rotatable bonds is 7. The predicted molar refractivity (Wildman–Crippen MR) is 133 cm³/mol. The van der Waals surface area contributed by atoms with Crippen LogP contribution in [0.4, 0.5) is 0 Å². The monoisotopic (exact) mass is 489 g/mol. The lowest BCUT2D eigenvalue weighted by Gasteiger charge is -2.33. The van der Waals surface area contributed by atoms with E-state index in [0.717, 1.165) is 47.1 Å². The fourth-order valence-electron chi connectivity index (χ4n) is 4.89. The van der Waals surface area contributed by atoms with Crippen LogP contribution in [0.1, 0.15) is 58.2 Å². The van der Waals surface area contributed by atoms with Crippen molar-refractivity contribution in [2.45, 2.75) is 45.1 Å². The van der Waals surface area contributed by atoms with Gasteiger partial charge in [-0.1, -0.05) is 6.07 Å². The number of benzene rings is 1. The van der Waals surface area contributed by atoms with Crippen LogP contribution < -0.4 is 9.47 Å². The third-order valence-electron chi connectivity index (χ3n) is 6.91. The minimum absolute atomic E-state index is 0.0730. The molecule has 5 rings (SSSR count). The van der Waals surface area contributed by atoms with E-state index in [1.807, 2.05) is 54.3 Å². The Kier molecular flexibility index (Phi) is 6.93. The molecule has 1 saturated heterocycles. The molecule has 0 atom stereocenters. The molecule has 1 fully saturated rings. The van der Waals surface area contributed by atoms with Crippen molar-refractivity contribution in [1.82, 2.24) is 14.8 Å². The maximum absolute atomic E-state index is 13.3. The number of fused-ring (bicyclic) bond motifs is 1. The van der Waals surface area contributed by atoms with Crippen LogP contribution >= 0.6 is 0 Å². The Morgan fingerprint density at radius 3 is 2.67 bits per heavy atom. The van der Waals surface area contributed by atoms with Crippen LogP contribution in [-0.2, 0) is 17.8 Å². The summed E-state index contributed by atoms with van der Waals surface area (Å²) in [6.07, 6.45) is 4.29. The summed E-state index contributed by atoms with van der Waals surface area (Å²) in [5.41, 5.74) is 3.41. The van der Waals surface area contributed by atoms with Crippen LogP contribution in [0.3, 0.4) is 0 Å². The first-order chi connectivity index (χ1) is 17.5. The fourth-order valence-corrected chi connectivity index (χ4v) is 4.89. The Morgan fingerprint density at radius 2 is 1.89 bits per heavy atom. The van der Waals surface area contributed by atoms with E-state index in [4.69, 9.17) is 18.9 Å². The summed E-state index contributed by atoms with van der Waals surface area (Å²) in [6.45, 7) is 3.91. The first kappa shape index (κ1) is 23.9. The normalized spacial score (nSPS) is 15.2. The molecule has 2 amide bonds. The summed E-state index contributed by atoms with van der Waals surface area (Å²) in [6, 6.07) is 13.3. The lowest BCUT2D eigenvalue weighted by molar-refractivity contribution is -0.132. The first-order valence-corrected chi connectivity index (χ1v) is 12.4. The Labute approximate surface area is 210 Å². The Balaban J connectivity index is 1.19. The number of likely N-dealkylation sites (tertiary alicyclic amines) is 1. The van der Waals surface area contributed by atoms with Gasteiger partial charge < -0.3 is 23.7 Å². The maximum Gasteiger partial charge on any atom is 0.255 e. The largest absolute Gasteiger partial charge is 0.467 e. The number of carbonyl (C=O) groups excluding carboxylic acids is 2. The summed E-state index contributed by atoms with van der Waals surface area (Å²) in [5.74, 6) is 2.45. The van der Waals surface area contributed by atoms with Gasteiger partial charge in [0.15, 0.2) is 11.5 Å². The van der Waals surface area contributed by atoms with Crippen LogP contribution in [-0.4, -0.2) is 53.5 Å². The summed E-state index contributed by atoms with van der Waals surface area (Å²) in [7, 11) is 1.77. The van der Waals surface area contributed by atoms with Gasteiger partial charge in [0.05, 0.1) is 24.1 Å². The fraction of sp³-hybridized carbons (Fsp3) is 0.393. The van der Waals surface area contributed by atoms with Crippen molar-refractivity contribution in [2.75, 3.05) is 26.9 Å². The molecule has 0 aliphatic carbocycles. The van der Waals surface area contributed by atoms with Crippen molar-refractivity contribution in [3.05, 3.63) is 77.0 Å². The number of piperidine rings is 1. The predicted octanol–water partition coefficient (Wildman–Crippen LogP) is 4.32. The van der Waals surface area contributed by atoms with Gasteiger partial charge in [0.25, 0.3) is 5.91 Å². The molecule has 36 heavy (non-hydrogen) atoms. The second kappa shape index (κ2) is 10.4. The molecule has 3 aromatic rings. The van der Waals surface area contributed by atoms with E-state index in [2.05, 4.69) is 0 Å². The molecular formula is C28H31N3O5. The molecule has 0 N–H and O–H groups in total. The van der Waals surface area contributed by atoms with Gasteiger partial charge in [-0.2, -0.15) is 0 Å². The van der Waals surface area contributed by atoms with E-state index in [0.29, 0.717) is 38.0 Å². The molecule has 0 saturated carbocycles. The van der Waals surface area contributed by atoms with Crippen molar-refractivity contribution in [3.8, 4) is 11.5 Å². The number of carbonyl (C=O) groups is 2. The van der Waals surface area contributed by atoms with Gasteiger partial charge in [-0.05, 0) is 68.1 Å². The Bertz CT molecular complexity index is 1230. The van der Waals surface area contributed by atoms with Crippen molar-refractivity contribution in [2.24, 2.45) is 0 Å². The number of furan rings is 1. The van der Waals surface area contributed by atoms with Crippen LogP contribution in [0.2, 0.25) is 0 Å². The summed E-state index contributed by atoms with van der Waals surface area (Å²) < 4.78 is 16.2. The minimum atomic E-state index is -0.0730. The zero-order valence-electron chi connectivity index (χ0n) is 20.7. The van der Waals surface area contributed by atoms with Gasteiger partial charge in [0, 0.05) is 38.2 Å². The molecule has 2 aromatic heterocycles. The smallest absolute Gasteiger partial charge is 0.255 e. The van der Waals surface area contributed by atoms with Crippen LogP contribution in [0, 0.1) is 6.92 Å². The molecule has 2 aliphatic rings. The van der Waals surface area contributed by atoms with E-state index >= 15 is 0 Å². The number of amides is 2. The van der Waals surface area contributed by atoms with Gasteiger partial charge in [0.2, 0.25) is 12.7 Å². The highest BCUT2D eigenvalue weighted by molar-refractivity contribution is 5.95. The maximum atomic E-state index is 13.3. The number of nitrogens with zero attached hydrogens (tertiary/aromatic N) is 3. The minimum Gasteiger partial charge on any atom is -0.467 e. The highest BCUT2D eigenvalue weighted by Crippen LogP contribution is 2.33. The van der Waals surface area contributed by atoms with E-state index in [9.17, 15) is 9.59 Å². The Morgan fingerprint density at radius 1 is 1.08 bits per heavy atom. The van der Waals surface area contributed by atoms with Crippen molar-refractivity contribution < 1.29 is 23.5 Å². The average molecular weight is 490 g/mol. The van der Waals surface area contributed by atoms with E-state index < -0.39 is 0 Å². The van der Waals surface area contributed by atoms with E-state index in [1.54, 1.807) is 18.2 Å². The number of ether oxygens (including phenoxy) is 2. The summed E-state index contributed by atoms with van der Waals surface area (Å²) >= 11 is 0. The third kappa shape index (κ3) is 5.22. The number of aromatic nitrogens is 1. The molecule has 2 aliphatic heterocycles. The molecule has 0 spiro atoms. The second-order valence-electron chi connectivity index (χ2n) is 9.47. The number of hydrogen-bond acceptors (Lipinski definition) is 6. The van der Waals surface area contributed by atoms with Crippen LogP contribution in [0.5, 0.6) is 11.5 Å². The zero-order chi connectivity index (χ0) is 25.1. The van der Waals surface area contributed by atoms with Gasteiger partial charge in [0.1, 0.15) is 5.76 Å². The van der Waals surface area contributed by atoms with Gasteiger partial charge in [-0.15, -0.1) is 0 Å². The number of pyridine rings is 1. The van der Waals surface area contributed by atoms with E-state index in [-0.39, 0.29) is 24.5 Å². The second-order valence-corrected chi connectivity index (χ2v) is 9.47. The molecule has 0 bridgehead atoms. The van der Waals surface area contributed by atoms with E-state index in [1.165, 1.54) is 0 Å². The highest BCUT2D eigenvalue weighted by atomic mass is 16.7. The summed E-state index contributed by atoms with van der Waals surface area (Å²) in [4.78, 5) is 34.5. The molecule has 8 heteroatoms. The molecule has 0 radical (unpaired) electrons. The van der Waals surface area contributed by atoms with Gasteiger partial charge in [-0.25, -0.2) is 0 Å². The summed E-state index contributed by atoms with van der Waals surface area (Å²) in [5, 5.41) is 0. The van der Waals surface area contributed by atoms with Crippen LogP contribution in [0.15, 0.2) is 53.1 Å². The molecular weight excluding hydrogens is 458 g/mol. The lowest BCUT2D eigenvalue weighted by atomic mass is 9.89. The first-order valence-electron chi connectivity index (χ1n) is 12.4. The van der Waals surface area contributed by atoms with Gasteiger partial charge in [-0.3, -0.25) is 14.6 Å². The quantitative estimate of drug-likeness (QED) is 0.491. The van der Waals surface area contributed by atoms with Crippen molar-refractivity contribution >= 4 is 11.8 Å². The molecule has 4 heterocycles. The Hall–Kier alpha value is -3.81. The SMILES string of the molecule is Cc1ccc(C(=O)N(C)Cc2ccco2)c(C2CCN(C(=O)CCc3ccc4c(c3)OCO4)CC2)n1. The standard InChI is InChI=1S/C28H31N3O5/c1-19-5-8-23(28(33)30(2)17-22-4-3-15-34-22)27(29-19)21-11-13-31(14-12-21)26(32)10-7-20-6-9-24-25(16-20)36-18-35-24/h3-6,8-9,15-16,21H,7,10-14,17-18H2,1-2H3. The molecule has 0 unspecified atom stereocenters. The topological polar surface area (TPSA) is 85.1 Å². The third-order valence-corrected chi connectivity index (χ3v) is 6.91. The molecule has 1 aromatic carbocycles.